The average Bonchev–Trinajstić information content (AvgIpc) is 2.73. The number of aliphatic hydroxyl groups excluding tert-OH is 1. The zero-order chi connectivity index (χ0) is 14.4. The van der Waals surface area contributed by atoms with Crippen molar-refractivity contribution >= 4 is 5.91 Å². The van der Waals surface area contributed by atoms with E-state index in [2.05, 4.69) is 4.90 Å². The molecule has 20 heavy (non-hydrogen) atoms. The van der Waals surface area contributed by atoms with Crippen LogP contribution in [0.4, 0.5) is 0 Å². The molecule has 5 heteroatoms. The van der Waals surface area contributed by atoms with E-state index in [-0.39, 0.29) is 12.5 Å². The minimum absolute atomic E-state index is 0.0120. The Labute approximate surface area is 120 Å². The Bertz CT molecular complexity index is 424. The van der Waals surface area contributed by atoms with Gasteiger partial charge in [-0.3, -0.25) is 9.69 Å². The molecule has 0 bridgehead atoms. The third-order valence-corrected chi connectivity index (χ3v) is 3.74. The summed E-state index contributed by atoms with van der Waals surface area (Å²) in [5.74, 6) is -0.0120. The first-order valence-corrected chi connectivity index (χ1v) is 7.15. The predicted molar refractivity (Wildman–Crippen MR) is 78.1 cm³/mol. The van der Waals surface area contributed by atoms with Gasteiger partial charge in [-0.1, -0.05) is 30.3 Å². The Hall–Kier alpha value is -1.43. The molecule has 0 unspecified atom stereocenters. The lowest BCUT2D eigenvalue weighted by Crippen LogP contribution is -2.41. The first kappa shape index (κ1) is 15.0. The summed E-state index contributed by atoms with van der Waals surface area (Å²) in [5.41, 5.74) is 6.92. The zero-order valence-corrected chi connectivity index (χ0v) is 11.7. The molecule has 1 amide bonds. The van der Waals surface area contributed by atoms with Crippen LogP contribution in [0.15, 0.2) is 30.3 Å². The molecular formula is C15H23N3O2. The number of β-amino-alcohol motifs (C(OH)–C–C–N with tert-alkyl or cyclic N) is 1. The van der Waals surface area contributed by atoms with E-state index in [0.29, 0.717) is 13.1 Å². The highest BCUT2D eigenvalue weighted by Gasteiger charge is 2.24. The van der Waals surface area contributed by atoms with Crippen molar-refractivity contribution in [2.45, 2.75) is 12.5 Å². The fourth-order valence-corrected chi connectivity index (χ4v) is 2.56. The number of carbonyl (C=O) groups excluding carboxylic acids is 1. The second-order valence-electron chi connectivity index (χ2n) is 5.13. The molecular weight excluding hydrogens is 254 g/mol. The van der Waals surface area contributed by atoms with Crippen LogP contribution in [0, 0.1) is 0 Å². The Morgan fingerprint density at radius 1 is 1.20 bits per heavy atom. The van der Waals surface area contributed by atoms with Crippen LogP contribution >= 0.6 is 0 Å². The lowest BCUT2D eigenvalue weighted by Gasteiger charge is -2.24. The van der Waals surface area contributed by atoms with Crippen LogP contribution < -0.4 is 5.73 Å². The molecule has 110 valence electrons. The molecule has 3 N–H and O–H groups in total. The van der Waals surface area contributed by atoms with E-state index >= 15 is 0 Å². The van der Waals surface area contributed by atoms with Gasteiger partial charge in [0.1, 0.15) is 6.04 Å². The van der Waals surface area contributed by atoms with Crippen LogP contribution in [-0.2, 0) is 4.79 Å². The number of amides is 1. The molecule has 5 nitrogen and oxygen atoms in total. The standard InChI is InChI=1S/C15H23N3O2/c16-14(13-5-2-1-3-6-13)15(20)18-8-4-7-17(9-10-18)11-12-19/h1-3,5-6,14,19H,4,7-12,16H2/t14-/m0/s1. The van der Waals surface area contributed by atoms with Gasteiger partial charge >= 0.3 is 0 Å². The van der Waals surface area contributed by atoms with Gasteiger partial charge in [-0.05, 0) is 18.5 Å². The maximum absolute atomic E-state index is 12.4. The van der Waals surface area contributed by atoms with Crippen molar-refractivity contribution in [1.29, 1.82) is 0 Å². The highest BCUT2D eigenvalue weighted by Crippen LogP contribution is 2.14. The quantitative estimate of drug-likeness (QED) is 0.825. The highest BCUT2D eigenvalue weighted by molar-refractivity contribution is 5.83. The molecule has 1 fully saturated rings. The molecule has 0 spiro atoms. The van der Waals surface area contributed by atoms with Gasteiger partial charge in [0.25, 0.3) is 0 Å². The molecule has 0 aliphatic carbocycles. The van der Waals surface area contributed by atoms with Crippen molar-refractivity contribution < 1.29 is 9.90 Å². The van der Waals surface area contributed by atoms with Crippen molar-refractivity contribution in [2.24, 2.45) is 5.73 Å². The lowest BCUT2D eigenvalue weighted by molar-refractivity contribution is -0.132. The van der Waals surface area contributed by atoms with Gasteiger partial charge in [0, 0.05) is 26.2 Å². The Balaban J connectivity index is 1.95. The van der Waals surface area contributed by atoms with E-state index in [1.165, 1.54) is 0 Å². The third kappa shape index (κ3) is 3.79. The monoisotopic (exact) mass is 277 g/mol. The van der Waals surface area contributed by atoms with Gasteiger partial charge in [0.2, 0.25) is 5.91 Å². The predicted octanol–water partition coefficient (Wildman–Crippen LogP) is 0.213. The van der Waals surface area contributed by atoms with Crippen LogP contribution in [0.5, 0.6) is 0 Å². The Morgan fingerprint density at radius 2 is 1.95 bits per heavy atom. The van der Waals surface area contributed by atoms with E-state index in [9.17, 15) is 4.79 Å². The van der Waals surface area contributed by atoms with Crippen molar-refractivity contribution in [3.05, 3.63) is 35.9 Å². The van der Waals surface area contributed by atoms with Crippen LogP contribution in [0.3, 0.4) is 0 Å². The van der Waals surface area contributed by atoms with Gasteiger partial charge in [-0.15, -0.1) is 0 Å². The van der Waals surface area contributed by atoms with E-state index in [1.54, 1.807) is 0 Å². The van der Waals surface area contributed by atoms with Gasteiger partial charge in [-0.25, -0.2) is 0 Å². The molecule has 1 saturated heterocycles. The summed E-state index contributed by atoms with van der Waals surface area (Å²) < 4.78 is 0. The first-order valence-electron chi connectivity index (χ1n) is 7.15. The summed E-state index contributed by atoms with van der Waals surface area (Å²) in [5, 5.41) is 8.98. The summed E-state index contributed by atoms with van der Waals surface area (Å²) in [4.78, 5) is 16.5. The van der Waals surface area contributed by atoms with Gasteiger partial charge < -0.3 is 15.7 Å². The van der Waals surface area contributed by atoms with Crippen molar-refractivity contribution in [2.75, 3.05) is 39.3 Å². The summed E-state index contributed by atoms with van der Waals surface area (Å²) in [6.45, 7) is 3.98. The fourth-order valence-electron chi connectivity index (χ4n) is 2.56. The maximum Gasteiger partial charge on any atom is 0.244 e. The molecule has 1 aliphatic rings. The summed E-state index contributed by atoms with van der Waals surface area (Å²) in [6.07, 6.45) is 0.924. The number of hydrogen-bond donors (Lipinski definition) is 2. The van der Waals surface area contributed by atoms with Gasteiger partial charge in [0.05, 0.1) is 6.61 Å². The second kappa shape index (κ2) is 7.38. The highest BCUT2D eigenvalue weighted by atomic mass is 16.3. The number of nitrogens with zero attached hydrogens (tertiary/aromatic N) is 2. The number of rotatable bonds is 4. The molecule has 1 atom stereocenters. The molecule has 1 aromatic carbocycles. The minimum atomic E-state index is -0.583. The molecule has 0 aromatic heterocycles. The van der Waals surface area contributed by atoms with E-state index < -0.39 is 6.04 Å². The molecule has 1 aliphatic heterocycles. The maximum atomic E-state index is 12.4. The minimum Gasteiger partial charge on any atom is -0.395 e. The van der Waals surface area contributed by atoms with Crippen LogP contribution in [-0.4, -0.2) is 60.1 Å². The average molecular weight is 277 g/mol. The topological polar surface area (TPSA) is 69.8 Å². The van der Waals surface area contributed by atoms with E-state index in [1.807, 2.05) is 35.2 Å². The summed E-state index contributed by atoms with van der Waals surface area (Å²) in [7, 11) is 0. The number of aliphatic hydroxyl groups is 1. The largest absolute Gasteiger partial charge is 0.395 e. The van der Waals surface area contributed by atoms with E-state index in [4.69, 9.17) is 10.8 Å². The number of carbonyl (C=O) groups is 1. The molecule has 1 aromatic rings. The van der Waals surface area contributed by atoms with Crippen molar-refractivity contribution in [3.8, 4) is 0 Å². The molecule has 0 radical (unpaired) electrons. The number of benzene rings is 1. The van der Waals surface area contributed by atoms with Crippen molar-refractivity contribution in [3.63, 3.8) is 0 Å². The summed E-state index contributed by atoms with van der Waals surface area (Å²) >= 11 is 0. The fraction of sp³-hybridized carbons (Fsp3) is 0.533. The first-order chi connectivity index (χ1) is 9.72. The van der Waals surface area contributed by atoms with Gasteiger partial charge in [-0.2, -0.15) is 0 Å². The smallest absolute Gasteiger partial charge is 0.244 e. The molecule has 2 rings (SSSR count). The van der Waals surface area contributed by atoms with Crippen LogP contribution in [0.25, 0.3) is 0 Å². The van der Waals surface area contributed by atoms with Crippen molar-refractivity contribution in [1.82, 2.24) is 9.80 Å². The Morgan fingerprint density at radius 3 is 2.65 bits per heavy atom. The number of nitrogens with two attached hydrogens (primary N) is 1. The Kier molecular flexibility index (Phi) is 5.52. The SMILES string of the molecule is N[C@H](C(=O)N1CCCN(CCO)CC1)c1ccccc1. The zero-order valence-electron chi connectivity index (χ0n) is 11.7. The third-order valence-electron chi connectivity index (χ3n) is 3.74. The molecule has 0 saturated carbocycles. The van der Waals surface area contributed by atoms with Gasteiger partial charge in [0.15, 0.2) is 0 Å². The van der Waals surface area contributed by atoms with Crippen LogP contribution in [0.2, 0.25) is 0 Å². The molecule has 1 heterocycles. The number of hydrogen-bond acceptors (Lipinski definition) is 4. The van der Waals surface area contributed by atoms with E-state index in [0.717, 1.165) is 31.6 Å². The summed E-state index contributed by atoms with van der Waals surface area (Å²) in [6, 6.07) is 8.90. The lowest BCUT2D eigenvalue weighted by atomic mass is 10.1. The van der Waals surface area contributed by atoms with Crippen LogP contribution in [0.1, 0.15) is 18.0 Å². The normalized spacial score (nSPS) is 18.6. The second-order valence-corrected chi connectivity index (χ2v) is 5.13.